The highest BCUT2D eigenvalue weighted by Gasteiger charge is 2.23. The predicted molar refractivity (Wildman–Crippen MR) is 85.8 cm³/mol. The van der Waals surface area contributed by atoms with Crippen molar-refractivity contribution in [1.29, 1.82) is 0 Å². The molecule has 108 valence electrons. The second-order valence-corrected chi connectivity index (χ2v) is 6.03. The van der Waals surface area contributed by atoms with Gasteiger partial charge in [0.1, 0.15) is 11.9 Å². The molecule has 0 bridgehead atoms. The molecule has 1 amide bonds. The molecule has 4 heteroatoms. The Balaban J connectivity index is 1.62. The Morgan fingerprint density at radius 2 is 2.10 bits per heavy atom. The average Bonchev–Trinajstić information content (AvgIpc) is 2.90. The predicted octanol–water partition coefficient (Wildman–Crippen LogP) is 3.49. The third-order valence-corrected chi connectivity index (χ3v) is 4.58. The Hall–Kier alpha value is -1.81. The molecule has 0 saturated heterocycles. The van der Waals surface area contributed by atoms with Crippen LogP contribution in [0.3, 0.4) is 0 Å². The molecule has 1 N–H and O–H groups in total. The van der Waals surface area contributed by atoms with Crippen molar-refractivity contribution in [2.75, 3.05) is 6.54 Å². The smallest absolute Gasteiger partial charge is 0.251 e. The van der Waals surface area contributed by atoms with Crippen molar-refractivity contribution < 1.29 is 9.53 Å². The van der Waals surface area contributed by atoms with Gasteiger partial charge in [0.2, 0.25) is 0 Å². The summed E-state index contributed by atoms with van der Waals surface area (Å²) in [6.07, 6.45) is 0.854. The summed E-state index contributed by atoms with van der Waals surface area (Å²) in [4.78, 5) is 12.3. The van der Waals surface area contributed by atoms with Gasteiger partial charge in [-0.15, -0.1) is 0 Å². The van der Waals surface area contributed by atoms with E-state index in [2.05, 4.69) is 27.3 Å². The van der Waals surface area contributed by atoms with Crippen molar-refractivity contribution in [3.63, 3.8) is 0 Å². The van der Waals surface area contributed by atoms with E-state index in [-0.39, 0.29) is 12.0 Å². The van der Waals surface area contributed by atoms with Gasteiger partial charge in [-0.25, -0.2) is 0 Å². The van der Waals surface area contributed by atoms with Crippen molar-refractivity contribution >= 4 is 21.8 Å². The molecule has 1 unspecified atom stereocenters. The van der Waals surface area contributed by atoms with E-state index < -0.39 is 0 Å². The maximum absolute atomic E-state index is 12.3. The van der Waals surface area contributed by atoms with Gasteiger partial charge in [0, 0.05) is 16.5 Å². The molecule has 1 atom stereocenters. The first kappa shape index (κ1) is 14.1. The lowest BCUT2D eigenvalue weighted by Gasteiger charge is -2.13. The van der Waals surface area contributed by atoms with Crippen LogP contribution in [0.2, 0.25) is 0 Å². The summed E-state index contributed by atoms with van der Waals surface area (Å²) in [6.45, 7) is 2.44. The highest BCUT2D eigenvalue weighted by atomic mass is 79.9. The molecular weight excluding hydrogens is 330 g/mol. The number of benzene rings is 2. The van der Waals surface area contributed by atoms with Crippen LogP contribution in [0, 0.1) is 6.92 Å². The lowest BCUT2D eigenvalue weighted by atomic mass is 10.1. The minimum Gasteiger partial charge on any atom is -0.488 e. The van der Waals surface area contributed by atoms with Crippen LogP contribution in [0.4, 0.5) is 0 Å². The number of nitrogens with one attached hydrogen (secondary N) is 1. The highest BCUT2D eigenvalue weighted by Crippen LogP contribution is 2.27. The summed E-state index contributed by atoms with van der Waals surface area (Å²) in [6, 6.07) is 13.6. The summed E-state index contributed by atoms with van der Waals surface area (Å²) in [5.74, 6) is 0.865. The minimum atomic E-state index is -0.0617. The second-order valence-electron chi connectivity index (χ2n) is 5.17. The third kappa shape index (κ3) is 2.95. The maximum Gasteiger partial charge on any atom is 0.251 e. The first-order valence-corrected chi connectivity index (χ1v) is 7.72. The van der Waals surface area contributed by atoms with E-state index in [9.17, 15) is 4.79 Å². The van der Waals surface area contributed by atoms with Gasteiger partial charge >= 0.3 is 0 Å². The number of ether oxygens (including phenoxy) is 1. The fraction of sp³-hybridized carbons (Fsp3) is 0.235. The van der Waals surface area contributed by atoms with Crippen molar-refractivity contribution in [3.05, 3.63) is 63.6 Å². The van der Waals surface area contributed by atoms with E-state index in [1.807, 2.05) is 43.3 Å². The molecule has 0 fully saturated rings. The maximum atomic E-state index is 12.3. The first-order valence-electron chi connectivity index (χ1n) is 6.93. The van der Waals surface area contributed by atoms with E-state index in [1.165, 1.54) is 5.56 Å². The zero-order valence-electron chi connectivity index (χ0n) is 11.7. The summed E-state index contributed by atoms with van der Waals surface area (Å²) >= 11 is 3.45. The van der Waals surface area contributed by atoms with Crippen LogP contribution in [0.5, 0.6) is 5.75 Å². The van der Waals surface area contributed by atoms with E-state index >= 15 is 0 Å². The number of carbonyl (C=O) groups excluding carboxylic acids is 1. The van der Waals surface area contributed by atoms with Crippen LogP contribution in [-0.2, 0) is 6.42 Å². The summed E-state index contributed by atoms with van der Waals surface area (Å²) in [7, 11) is 0. The third-order valence-electron chi connectivity index (χ3n) is 3.72. The van der Waals surface area contributed by atoms with E-state index in [1.54, 1.807) is 0 Å². The standard InChI is InChI=1S/C17H16BrNO2/c1-11-14(6-4-7-15(11)18)17(20)19-10-13-9-12-5-2-3-8-16(12)21-13/h2-8,13H,9-10H2,1H3,(H,19,20). The molecule has 1 heterocycles. The molecule has 0 radical (unpaired) electrons. The summed E-state index contributed by atoms with van der Waals surface area (Å²) < 4.78 is 6.77. The zero-order chi connectivity index (χ0) is 14.8. The lowest BCUT2D eigenvalue weighted by Crippen LogP contribution is -2.34. The number of carbonyl (C=O) groups is 1. The monoisotopic (exact) mass is 345 g/mol. The molecule has 2 aromatic rings. The van der Waals surface area contributed by atoms with E-state index in [4.69, 9.17) is 4.74 Å². The number of hydrogen-bond acceptors (Lipinski definition) is 2. The molecule has 21 heavy (non-hydrogen) atoms. The SMILES string of the molecule is Cc1c(Br)cccc1C(=O)NCC1Cc2ccccc2O1. The lowest BCUT2D eigenvalue weighted by molar-refractivity contribution is 0.0933. The Bertz CT molecular complexity index is 659. The van der Waals surface area contributed by atoms with Gasteiger partial charge in [-0.3, -0.25) is 4.79 Å². The second kappa shape index (κ2) is 5.90. The minimum absolute atomic E-state index is 0.0128. The molecule has 0 aromatic heterocycles. The van der Waals surface area contributed by atoms with Gasteiger partial charge in [-0.1, -0.05) is 40.2 Å². The largest absolute Gasteiger partial charge is 0.488 e. The topological polar surface area (TPSA) is 38.3 Å². The van der Waals surface area contributed by atoms with Gasteiger partial charge in [0.15, 0.2) is 0 Å². The number of amides is 1. The molecule has 0 saturated carbocycles. The number of halogens is 1. The number of para-hydroxylation sites is 1. The Kier molecular flexibility index (Phi) is 3.97. The normalized spacial score (nSPS) is 16.2. The molecule has 0 aliphatic carbocycles. The molecule has 2 aromatic carbocycles. The molecular formula is C17H16BrNO2. The summed E-state index contributed by atoms with van der Waals surface area (Å²) in [5.41, 5.74) is 2.85. The molecule has 0 spiro atoms. The average molecular weight is 346 g/mol. The Morgan fingerprint density at radius 1 is 1.29 bits per heavy atom. The molecule has 3 nitrogen and oxygen atoms in total. The Morgan fingerprint density at radius 3 is 2.90 bits per heavy atom. The zero-order valence-corrected chi connectivity index (χ0v) is 13.3. The van der Waals surface area contributed by atoms with Crippen LogP contribution in [0.25, 0.3) is 0 Å². The van der Waals surface area contributed by atoms with Gasteiger partial charge < -0.3 is 10.1 Å². The van der Waals surface area contributed by atoms with Crippen molar-refractivity contribution in [1.82, 2.24) is 5.32 Å². The van der Waals surface area contributed by atoms with Crippen molar-refractivity contribution in [2.24, 2.45) is 0 Å². The van der Waals surface area contributed by atoms with Crippen LogP contribution in [0.15, 0.2) is 46.9 Å². The van der Waals surface area contributed by atoms with Crippen LogP contribution < -0.4 is 10.1 Å². The summed E-state index contributed by atoms with van der Waals surface area (Å²) in [5, 5.41) is 2.96. The Labute approximate surface area is 132 Å². The molecule has 1 aliphatic rings. The van der Waals surface area contributed by atoms with Gasteiger partial charge in [0.05, 0.1) is 6.54 Å². The fourth-order valence-electron chi connectivity index (χ4n) is 2.52. The highest BCUT2D eigenvalue weighted by molar-refractivity contribution is 9.10. The first-order chi connectivity index (χ1) is 10.1. The molecule has 3 rings (SSSR count). The molecule has 1 aliphatic heterocycles. The van der Waals surface area contributed by atoms with Crippen molar-refractivity contribution in [2.45, 2.75) is 19.4 Å². The van der Waals surface area contributed by atoms with Crippen molar-refractivity contribution in [3.8, 4) is 5.75 Å². The van der Waals surface area contributed by atoms with Crippen LogP contribution >= 0.6 is 15.9 Å². The number of hydrogen-bond donors (Lipinski definition) is 1. The van der Waals surface area contributed by atoms with Gasteiger partial charge in [0.25, 0.3) is 5.91 Å². The number of fused-ring (bicyclic) bond motifs is 1. The quantitative estimate of drug-likeness (QED) is 0.924. The van der Waals surface area contributed by atoms with E-state index in [0.29, 0.717) is 12.1 Å². The van der Waals surface area contributed by atoms with E-state index in [0.717, 1.165) is 22.2 Å². The van der Waals surface area contributed by atoms with Crippen LogP contribution in [0.1, 0.15) is 21.5 Å². The van der Waals surface area contributed by atoms with Gasteiger partial charge in [-0.05, 0) is 36.2 Å². The van der Waals surface area contributed by atoms with Crippen LogP contribution in [-0.4, -0.2) is 18.6 Å². The fourth-order valence-corrected chi connectivity index (χ4v) is 2.89. The van der Waals surface area contributed by atoms with Gasteiger partial charge in [-0.2, -0.15) is 0 Å². The number of rotatable bonds is 3.